The lowest BCUT2D eigenvalue weighted by atomic mass is 10.1. The third-order valence-corrected chi connectivity index (χ3v) is 4.02. The number of nitrogens with zero attached hydrogens (tertiary/aromatic N) is 1. The minimum Gasteiger partial charge on any atom is -0.454 e. The van der Waals surface area contributed by atoms with Gasteiger partial charge in [0.25, 0.3) is 0 Å². The van der Waals surface area contributed by atoms with Gasteiger partial charge in [0.1, 0.15) is 0 Å². The molecule has 3 aromatic rings. The molecule has 25 heavy (non-hydrogen) atoms. The highest BCUT2D eigenvalue weighted by atomic mass is 16.7. The van der Waals surface area contributed by atoms with E-state index in [1.54, 1.807) is 12.2 Å². The Labute approximate surface area is 144 Å². The van der Waals surface area contributed by atoms with Crippen molar-refractivity contribution in [3.63, 3.8) is 0 Å². The van der Waals surface area contributed by atoms with Gasteiger partial charge in [0.05, 0.1) is 11.4 Å². The normalized spacial score (nSPS) is 12.7. The summed E-state index contributed by atoms with van der Waals surface area (Å²) in [5, 5.41) is 7.22. The molecular weight excluding hydrogens is 316 g/mol. The van der Waals surface area contributed by atoms with Gasteiger partial charge in [-0.1, -0.05) is 29.8 Å². The van der Waals surface area contributed by atoms with Gasteiger partial charge in [-0.2, -0.15) is 5.10 Å². The first kappa shape index (κ1) is 15.2. The van der Waals surface area contributed by atoms with Crippen LogP contribution in [0.3, 0.4) is 0 Å². The molecule has 0 amide bonds. The fourth-order valence-electron chi connectivity index (χ4n) is 2.61. The molecule has 1 aliphatic heterocycles. The van der Waals surface area contributed by atoms with Crippen molar-refractivity contribution in [2.75, 3.05) is 6.79 Å². The summed E-state index contributed by atoms with van der Waals surface area (Å²) in [5.41, 5.74) is 4.25. The molecule has 0 saturated carbocycles. The van der Waals surface area contributed by atoms with Gasteiger partial charge in [-0.3, -0.25) is 9.89 Å². The fourth-order valence-corrected chi connectivity index (χ4v) is 2.61. The van der Waals surface area contributed by atoms with Crippen LogP contribution in [-0.2, 0) is 0 Å². The third-order valence-electron chi connectivity index (χ3n) is 4.02. The van der Waals surface area contributed by atoms with Crippen LogP contribution in [0.4, 0.5) is 0 Å². The van der Waals surface area contributed by atoms with Crippen LogP contribution >= 0.6 is 0 Å². The number of aryl methyl sites for hydroxylation is 1. The molecule has 124 valence electrons. The Balaban J connectivity index is 1.51. The Bertz CT molecular complexity index is 955. The van der Waals surface area contributed by atoms with Crippen molar-refractivity contribution in [2.24, 2.45) is 0 Å². The van der Waals surface area contributed by atoms with E-state index in [2.05, 4.69) is 10.2 Å². The minimum atomic E-state index is -0.0424. The standard InChI is InChI=1S/C20H16N2O3/c1-13-2-4-14(5-3-13)18(23)8-7-16-11-17(22-21-16)15-6-9-19-20(10-15)25-12-24-19/h2-11H,12H2,1H3,(H,21,22). The lowest BCUT2D eigenvalue weighted by Crippen LogP contribution is -1.93. The number of carbonyl (C=O) groups excluding carboxylic acids is 1. The second-order valence-electron chi connectivity index (χ2n) is 5.84. The molecule has 0 aliphatic carbocycles. The molecule has 0 fully saturated rings. The van der Waals surface area contributed by atoms with Crippen molar-refractivity contribution in [3.05, 3.63) is 71.4 Å². The smallest absolute Gasteiger partial charge is 0.231 e. The van der Waals surface area contributed by atoms with Crippen molar-refractivity contribution < 1.29 is 14.3 Å². The number of rotatable bonds is 4. The first-order valence-corrected chi connectivity index (χ1v) is 7.93. The number of hydrogen-bond donors (Lipinski definition) is 1. The van der Waals surface area contributed by atoms with Gasteiger partial charge in [-0.15, -0.1) is 0 Å². The topological polar surface area (TPSA) is 64.2 Å². The van der Waals surface area contributed by atoms with E-state index in [9.17, 15) is 4.79 Å². The number of benzene rings is 2. The molecule has 1 aromatic heterocycles. The minimum absolute atomic E-state index is 0.0424. The Kier molecular flexibility index (Phi) is 3.82. The average molecular weight is 332 g/mol. The summed E-state index contributed by atoms with van der Waals surface area (Å²) in [7, 11) is 0. The van der Waals surface area contributed by atoms with Crippen LogP contribution in [0.15, 0.2) is 54.6 Å². The molecule has 0 bridgehead atoms. The highest BCUT2D eigenvalue weighted by Gasteiger charge is 2.14. The van der Waals surface area contributed by atoms with E-state index in [1.165, 1.54) is 0 Å². The summed E-state index contributed by atoms with van der Waals surface area (Å²) < 4.78 is 10.7. The first-order valence-electron chi connectivity index (χ1n) is 7.93. The number of carbonyl (C=O) groups is 1. The molecule has 5 nitrogen and oxygen atoms in total. The van der Waals surface area contributed by atoms with Crippen LogP contribution < -0.4 is 9.47 Å². The summed E-state index contributed by atoms with van der Waals surface area (Å²) >= 11 is 0. The number of hydrogen-bond acceptors (Lipinski definition) is 4. The van der Waals surface area contributed by atoms with Crippen LogP contribution in [0.1, 0.15) is 21.6 Å². The molecule has 0 radical (unpaired) electrons. The maximum absolute atomic E-state index is 12.2. The van der Waals surface area contributed by atoms with Gasteiger partial charge in [-0.25, -0.2) is 0 Å². The van der Waals surface area contributed by atoms with Crippen molar-refractivity contribution >= 4 is 11.9 Å². The Hall–Kier alpha value is -3.34. The van der Waals surface area contributed by atoms with E-state index < -0.39 is 0 Å². The van der Waals surface area contributed by atoms with Crippen molar-refractivity contribution in [2.45, 2.75) is 6.92 Å². The number of nitrogens with one attached hydrogen (secondary N) is 1. The highest BCUT2D eigenvalue weighted by Crippen LogP contribution is 2.35. The second-order valence-corrected chi connectivity index (χ2v) is 5.84. The lowest BCUT2D eigenvalue weighted by Gasteiger charge is -1.98. The second kappa shape index (κ2) is 6.28. The van der Waals surface area contributed by atoms with Crippen LogP contribution in [-0.4, -0.2) is 22.8 Å². The number of aromatic nitrogens is 2. The van der Waals surface area contributed by atoms with Gasteiger partial charge in [0.2, 0.25) is 6.79 Å². The maximum Gasteiger partial charge on any atom is 0.231 e. The molecule has 2 aromatic carbocycles. The zero-order valence-electron chi connectivity index (χ0n) is 13.7. The van der Waals surface area contributed by atoms with E-state index in [1.807, 2.05) is 55.5 Å². The van der Waals surface area contributed by atoms with Crippen molar-refractivity contribution in [1.82, 2.24) is 10.2 Å². The van der Waals surface area contributed by atoms with E-state index in [-0.39, 0.29) is 12.6 Å². The summed E-state index contributed by atoms with van der Waals surface area (Å²) in [5.74, 6) is 1.41. The number of ketones is 1. The number of aromatic amines is 1. The largest absolute Gasteiger partial charge is 0.454 e. The molecule has 0 spiro atoms. The zero-order valence-corrected chi connectivity index (χ0v) is 13.7. The molecule has 1 N–H and O–H groups in total. The quantitative estimate of drug-likeness (QED) is 0.579. The molecule has 0 saturated heterocycles. The first-order chi connectivity index (χ1) is 12.2. The van der Waals surface area contributed by atoms with Gasteiger partial charge in [0, 0.05) is 11.1 Å². The molecule has 0 unspecified atom stereocenters. The third kappa shape index (κ3) is 3.17. The number of allylic oxidation sites excluding steroid dienone is 1. The van der Waals surface area contributed by atoms with Gasteiger partial charge < -0.3 is 9.47 Å². The molecule has 0 atom stereocenters. The average Bonchev–Trinajstić information content (AvgIpc) is 3.28. The van der Waals surface area contributed by atoms with Gasteiger partial charge in [0.15, 0.2) is 17.3 Å². The Morgan fingerprint density at radius 3 is 2.72 bits per heavy atom. The predicted octanol–water partition coefficient (Wildman–Crippen LogP) is 4.01. The van der Waals surface area contributed by atoms with Gasteiger partial charge >= 0.3 is 0 Å². The number of fused-ring (bicyclic) bond motifs is 1. The zero-order chi connectivity index (χ0) is 17.2. The van der Waals surface area contributed by atoms with E-state index >= 15 is 0 Å². The van der Waals surface area contributed by atoms with E-state index in [0.29, 0.717) is 11.3 Å². The Morgan fingerprint density at radius 2 is 1.88 bits per heavy atom. The fraction of sp³-hybridized carbons (Fsp3) is 0.100. The molecule has 2 heterocycles. The summed E-state index contributed by atoms with van der Waals surface area (Å²) in [6, 6.07) is 15.1. The van der Waals surface area contributed by atoms with Crippen molar-refractivity contribution in [1.29, 1.82) is 0 Å². The summed E-state index contributed by atoms with van der Waals surface area (Å²) in [4.78, 5) is 12.2. The monoisotopic (exact) mass is 332 g/mol. The summed E-state index contributed by atoms with van der Waals surface area (Å²) in [6.07, 6.45) is 3.27. The van der Waals surface area contributed by atoms with Crippen LogP contribution in [0.25, 0.3) is 17.3 Å². The van der Waals surface area contributed by atoms with Crippen LogP contribution in [0.2, 0.25) is 0 Å². The van der Waals surface area contributed by atoms with Crippen molar-refractivity contribution in [3.8, 4) is 22.8 Å². The maximum atomic E-state index is 12.2. The van der Waals surface area contributed by atoms with E-state index in [0.717, 1.165) is 28.3 Å². The van der Waals surface area contributed by atoms with Crippen LogP contribution in [0, 0.1) is 6.92 Å². The molecular formula is C20H16N2O3. The SMILES string of the molecule is Cc1ccc(C(=O)C=Cc2cc(-c3ccc4c(c3)OCO4)n[nH]2)cc1. The predicted molar refractivity (Wildman–Crippen MR) is 94.7 cm³/mol. The van der Waals surface area contributed by atoms with E-state index in [4.69, 9.17) is 9.47 Å². The lowest BCUT2D eigenvalue weighted by molar-refractivity contribution is 0.104. The number of ether oxygens (including phenoxy) is 2. The number of H-pyrrole nitrogens is 1. The Morgan fingerprint density at radius 1 is 1.08 bits per heavy atom. The molecule has 5 heteroatoms. The molecule has 4 rings (SSSR count). The summed E-state index contributed by atoms with van der Waals surface area (Å²) in [6.45, 7) is 2.24. The van der Waals surface area contributed by atoms with Crippen LogP contribution in [0.5, 0.6) is 11.5 Å². The molecule has 1 aliphatic rings. The highest BCUT2D eigenvalue weighted by molar-refractivity contribution is 6.06. The van der Waals surface area contributed by atoms with Gasteiger partial charge in [-0.05, 0) is 43.3 Å².